The molecule has 0 bridgehead atoms. The summed E-state index contributed by atoms with van der Waals surface area (Å²) in [5.41, 5.74) is 0.127. The number of aromatic hydroxyl groups is 1. The molecule has 1 N–H and O–H groups in total. The molecule has 3 atom stereocenters. The van der Waals surface area contributed by atoms with Crippen LogP contribution in [0.1, 0.15) is 51.5 Å². The summed E-state index contributed by atoms with van der Waals surface area (Å²) in [4.78, 5) is 40.2. The number of rotatable bonds is 9. The van der Waals surface area contributed by atoms with Gasteiger partial charge < -0.3 is 28.8 Å². The quantitative estimate of drug-likeness (QED) is 0.109. The Morgan fingerprint density at radius 2 is 0.844 bits per heavy atom. The normalized spacial score (nSPS) is 17.4. The number of carbonyl (C=O) groups is 3. The first-order valence-corrected chi connectivity index (χ1v) is 23.0. The number of hydrogen-bond acceptors (Lipinski definition) is 11. The first-order valence-electron chi connectivity index (χ1n) is 22.7. The Balaban J connectivity index is 0.000000155. The SMILES string of the molecule is COc1ccc(N2C(=O)OC[C@@H]2c2cccc(C(F)(F)F)c2)cc1.O=C1OC[C@H](c2cccc(C(F)(F)F)c2)N1c1ccc(O)cc1.O=C1OC[C@H](c2cccc(C(F)(F)F)c2)N1c1ccc(Oc2ccc(Cl)nn2)cc1. The number of anilines is 3. The maximum Gasteiger partial charge on any atom is 0.416 e. The molecule has 400 valence electrons. The van der Waals surface area contributed by atoms with E-state index in [0.29, 0.717) is 45.3 Å². The Bertz CT molecular complexity index is 3210. The van der Waals surface area contributed by atoms with E-state index in [1.807, 2.05) is 0 Å². The zero-order chi connectivity index (χ0) is 55.2. The molecule has 3 fully saturated rings. The molecule has 1 aromatic heterocycles. The second-order valence-electron chi connectivity index (χ2n) is 16.8. The number of nitrogens with zero attached hydrogens (tertiary/aromatic N) is 5. The third kappa shape index (κ3) is 13.0. The number of halogens is 10. The summed E-state index contributed by atoms with van der Waals surface area (Å²) in [6, 6.07) is 34.6. The number of alkyl halides is 9. The van der Waals surface area contributed by atoms with E-state index in [1.165, 1.54) is 82.5 Å². The molecule has 0 spiro atoms. The van der Waals surface area contributed by atoms with E-state index in [0.717, 1.165) is 36.4 Å². The van der Waals surface area contributed by atoms with Crippen LogP contribution in [0, 0.1) is 0 Å². The van der Waals surface area contributed by atoms with Crippen LogP contribution in [0.4, 0.5) is 71.0 Å². The van der Waals surface area contributed by atoms with E-state index in [2.05, 4.69) is 10.2 Å². The van der Waals surface area contributed by atoms with Crippen molar-refractivity contribution in [3.63, 3.8) is 0 Å². The van der Waals surface area contributed by atoms with Crippen molar-refractivity contribution in [3.05, 3.63) is 196 Å². The molecule has 0 aliphatic carbocycles. The van der Waals surface area contributed by atoms with Crippen LogP contribution in [-0.2, 0) is 32.7 Å². The highest BCUT2D eigenvalue weighted by molar-refractivity contribution is 6.29. The zero-order valence-electron chi connectivity index (χ0n) is 39.6. The van der Waals surface area contributed by atoms with Crippen LogP contribution in [0.5, 0.6) is 23.1 Å². The van der Waals surface area contributed by atoms with Crippen molar-refractivity contribution in [2.24, 2.45) is 0 Å². The smallest absolute Gasteiger partial charge is 0.416 e. The number of phenols is 1. The standard InChI is InChI=1S/C20H13ClF3N3O3.C17H14F3NO3.C16H12F3NO3/c21-17-8-9-18(26-25-17)30-15-6-4-14(5-7-15)27-16(11-29-19(27)28)12-2-1-3-13(10-12)20(22,23)24;1-23-14-7-5-13(6-8-14)21-15(10-24-16(21)22)11-3-2-4-12(9-11)17(18,19)20;17-16(18,19)11-3-1-2-10(8-11)14-9-23-15(22)20(14)12-4-6-13(21)7-5-12/h1-10,16H,11H2;2-9,15H,10H2,1H3;1-8,14,21H,9H2/t16-;15-;14-/m111/s1. The van der Waals surface area contributed by atoms with Crippen LogP contribution in [0.3, 0.4) is 0 Å². The largest absolute Gasteiger partial charge is 0.508 e. The lowest BCUT2D eigenvalue weighted by Gasteiger charge is -2.22. The highest BCUT2D eigenvalue weighted by Gasteiger charge is 2.40. The number of cyclic esters (lactones) is 3. The molecule has 6 aromatic carbocycles. The van der Waals surface area contributed by atoms with E-state index in [4.69, 9.17) is 35.3 Å². The van der Waals surface area contributed by atoms with Crippen molar-refractivity contribution < 1.29 is 82.7 Å². The summed E-state index contributed by atoms with van der Waals surface area (Å²) in [7, 11) is 1.52. The lowest BCUT2D eigenvalue weighted by molar-refractivity contribution is -0.138. The number of phenolic OH excluding ortho intramolecular Hbond substituents is 1. The fourth-order valence-corrected chi connectivity index (χ4v) is 8.23. The fraction of sp³-hybridized carbons (Fsp3) is 0.189. The van der Waals surface area contributed by atoms with Crippen molar-refractivity contribution in [1.82, 2.24) is 10.2 Å². The molecule has 3 amide bonds. The molecule has 3 saturated heterocycles. The minimum atomic E-state index is -4.48. The molecule has 3 aliphatic rings. The van der Waals surface area contributed by atoms with Gasteiger partial charge in [0, 0.05) is 23.1 Å². The third-order valence-corrected chi connectivity index (χ3v) is 12.0. The number of carbonyl (C=O) groups excluding carboxylic acids is 3. The number of hydrogen-bond donors (Lipinski definition) is 1. The third-order valence-electron chi connectivity index (χ3n) is 11.8. The Hall–Kier alpha value is -8.73. The van der Waals surface area contributed by atoms with E-state index < -0.39 is 71.6 Å². The molecule has 0 saturated carbocycles. The molecular formula is C53H39ClF9N5O9. The number of amides is 3. The predicted octanol–water partition coefficient (Wildman–Crippen LogP) is 14.2. The van der Waals surface area contributed by atoms with Gasteiger partial charge in [-0.2, -0.15) is 39.5 Å². The molecular weight excluding hydrogens is 1060 g/mol. The van der Waals surface area contributed by atoms with Gasteiger partial charge in [-0.3, -0.25) is 14.7 Å². The van der Waals surface area contributed by atoms with Crippen LogP contribution in [-0.4, -0.2) is 60.5 Å². The van der Waals surface area contributed by atoms with E-state index in [9.17, 15) is 59.0 Å². The minimum absolute atomic E-state index is 0.00776. The van der Waals surface area contributed by atoms with E-state index in [1.54, 1.807) is 60.7 Å². The Morgan fingerprint density at radius 3 is 1.17 bits per heavy atom. The van der Waals surface area contributed by atoms with Gasteiger partial charge in [-0.05, 0) is 132 Å². The number of benzene rings is 6. The molecule has 77 heavy (non-hydrogen) atoms. The highest BCUT2D eigenvalue weighted by atomic mass is 35.5. The van der Waals surface area contributed by atoms with Gasteiger partial charge in [0.1, 0.15) is 37.1 Å². The van der Waals surface area contributed by atoms with Gasteiger partial charge in [0.15, 0.2) is 5.15 Å². The molecule has 0 radical (unpaired) electrons. The van der Waals surface area contributed by atoms with Gasteiger partial charge in [-0.1, -0.05) is 48.0 Å². The topological polar surface area (TPSA) is 153 Å². The zero-order valence-corrected chi connectivity index (χ0v) is 40.3. The monoisotopic (exact) mass is 1100 g/mol. The fourth-order valence-electron chi connectivity index (χ4n) is 8.13. The molecule has 24 heteroatoms. The Morgan fingerprint density at radius 1 is 0.494 bits per heavy atom. The average molecular weight is 1100 g/mol. The van der Waals surface area contributed by atoms with Crippen molar-refractivity contribution >= 4 is 46.9 Å². The first-order chi connectivity index (χ1) is 36.6. The summed E-state index contributed by atoms with van der Waals surface area (Å²) >= 11 is 5.68. The van der Waals surface area contributed by atoms with Crippen LogP contribution in [0.15, 0.2) is 158 Å². The lowest BCUT2D eigenvalue weighted by atomic mass is 10.0. The molecule has 7 aromatic rings. The molecule has 3 aliphatic heterocycles. The highest BCUT2D eigenvalue weighted by Crippen LogP contribution is 2.40. The van der Waals surface area contributed by atoms with Crippen LogP contribution in [0.25, 0.3) is 0 Å². The lowest BCUT2D eigenvalue weighted by Crippen LogP contribution is -2.27. The van der Waals surface area contributed by atoms with Gasteiger partial charge in [-0.25, -0.2) is 14.4 Å². The summed E-state index contributed by atoms with van der Waals surface area (Å²) in [5, 5.41) is 17.0. The number of aromatic nitrogens is 2. The summed E-state index contributed by atoms with van der Waals surface area (Å²) in [6.45, 7) is -0.105. The van der Waals surface area contributed by atoms with Crippen molar-refractivity contribution in [3.8, 4) is 23.1 Å². The second kappa shape index (κ2) is 22.6. The van der Waals surface area contributed by atoms with Crippen LogP contribution in [0.2, 0.25) is 5.15 Å². The van der Waals surface area contributed by atoms with E-state index in [-0.39, 0.29) is 36.6 Å². The van der Waals surface area contributed by atoms with Gasteiger partial charge in [-0.15, -0.1) is 10.2 Å². The summed E-state index contributed by atoms with van der Waals surface area (Å²) in [5.74, 6) is 1.30. The maximum absolute atomic E-state index is 13.1. The van der Waals surface area contributed by atoms with Crippen molar-refractivity contribution in [1.29, 1.82) is 0 Å². The maximum atomic E-state index is 13.1. The molecule has 4 heterocycles. The van der Waals surface area contributed by atoms with Gasteiger partial charge in [0.25, 0.3) is 0 Å². The molecule has 10 rings (SSSR count). The number of methoxy groups -OCH3 is 1. The molecule has 14 nitrogen and oxygen atoms in total. The predicted molar refractivity (Wildman–Crippen MR) is 259 cm³/mol. The molecule has 0 unspecified atom stereocenters. The van der Waals surface area contributed by atoms with Crippen LogP contribution < -0.4 is 24.2 Å². The summed E-state index contributed by atoms with van der Waals surface area (Å²) < 4.78 is 142. The average Bonchev–Trinajstić information content (AvgIpc) is 4.15. The van der Waals surface area contributed by atoms with E-state index >= 15 is 0 Å². The number of ether oxygens (including phenoxy) is 5. The van der Waals surface area contributed by atoms with Crippen molar-refractivity contribution in [2.75, 3.05) is 41.6 Å². The first kappa shape index (κ1) is 54.5. The Labute approximate surface area is 436 Å². The van der Waals surface area contributed by atoms with Gasteiger partial charge >= 0.3 is 36.8 Å². The van der Waals surface area contributed by atoms with Crippen molar-refractivity contribution in [2.45, 2.75) is 36.7 Å². The van der Waals surface area contributed by atoms with Crippen LogP contribution >= 0.6 is 11.6 Å². The Kier molecular flexibility index (Phi) is 16.0. The van der Waals surface area contributed by atoms with Gasteiger partial charge in [0.2, 0.25) is 5.88 Å². The minimum Gasteiger partial charge on any atom is -0.508 e. The summed E-state index contributed by atoms with van der Waals surface area (Å²) in [6.07, 6.45) is -15.3. The van der Waals surface area contributed by atoms with Gasteiger partial charge in [0.05, 0.1) is 41.9 Å². The second-order valence-corrected chi connectivity index (χ2v) is 17.1.